The molecule has 1 amide bonds. The number of carbonyl (C=O) groups is 1. The summed E-state index contributed by atoms with van der Waals surface area (Å²) in [6.07, 6.45) is 1.98. The first kappa shape index (κ1) is 17.4. The number of aliphatic hydroxyl groups excluding tert-OH is 1. The van der Waals surface area contributed by atoms with Crippen LogP contribution < -0.4 is 0 Å². The van der Waals surface area contributed by atoms with E-state index < -0.39 is 0 Å². The van der Waals surface area contributed by atoms with Crippen LogP contribution in [0.3, 0.4) is 0 Å². The van der Waals surface area contributed by atoms with E-state index in [0.717, 1.165) is 39.0 Å². The summed E-state index contributed by atoms with van der Waals surface area (Å²) in [7, 11) is 0. The van der Waals surface area contributed by atoms with Crippen molar-refractivity contribution >= 4 is 5.91 Å². The molecule has 0 aromatic carbocycles. The Balaban J connectivity index is 2.45. The van der Waals surface area contributed by atoms with Crippen LogP contribution in [0.2, 0.25) is 0 Å². The van der Waals surface area contributed by atoms with Gasteiger partial charge in [-0.2, -0.15) is 0 Å². The number of likely N-dealkylation sites (tertiary alicyclic amines) is 1. The van der Waals surface area contributed by atoms with Crippen LogP contribution in [0.5, 0.6) is 0 Å². The van der Waals surface area contributed by atoms with E-state index in [1.54, 1.807) is 0 Å². The minimum Gasteiger partial charge on any atom is -0.396 e. The quantitative estimate of drug-likeness (QED) is 0.739. The fraction of sp³-hybridized carbons (Fsp3) is 0.938. The number of amides is 1. The number of nitrogens with zero attached hydrogens (tertiary/aromatic N) is 2. The fourth-order valence-electron chi connectivity index (χ4n) is 2.93. The van der Waals surface area contributed by atoms with E-state index in [9.17, 15) is 4.79 Å². The van der Waals surface area contributed by atoms with Crippen LogP contribution in [0, 0.1) is 17.8 Å². The molecule has 118 valence electrons. The summed E-state index contributed by atoms with van der Waals surface area (Å²) in [4.78, 5) is 16.7. The number of aliphatic hydroxyl groups is 1. The van der Waals surface area contributed by atoms with E-state index in [0.29, 0.717) is 24.3 Å². The molecule has 0 bridgehead atoms. The SMILES string of the molecule is CC(C)CN(CC(C)C)C(=O)CN1CCC(CCO)C1. The summed E-state index contributed by atoms with van der Waals surface area (Å²) >= 11 is 0. The zero-order valence-corrected chi connectivity index (χ0v) is 13.6. The molecule has 0 saturated carbocycles. The molecule has 0 radical (unpaired) electrons. The molecule has 1 heterocycles. The van der Waals surface area contributed by atoms with Crippen molar-refractivity contribution in [1.29, 1.82) is 0 Å². The molecule has 1 saturated heterocycles. The second-order valence-corrected chi connectivity index (χ2v) is 6.99. The zero-order chi connectivity index (χ0) is 15.1. The number of rotatable bonds is 8. The lowest BCUT2D eigenvalue weighted by Crippen LogP contribution is -2.43. The predicted molar refractivity (Wildman–Crippen MR) is 82.5 cm³/mol. The van der Waals surface area contributed by atoms with Crippen molar-refractivity contribution in [2.75, 3.05) is 39.3 Å². The Bertz CT molecular complexity index is 282. The summed E-state index contributed by atoms with van der Waals surface area (Å²) < 4.78 is 0. The fourth-order valence-corrected chi connectivity index (χ4v) is 2.93. The van der Waals surface area contributed by atoms with Gasteiger partial charge in [0.2, 0.25) is 5.91 Å². The van der Waals surface area contributed by atoms with Gasteiger partial charge in [0.1, 0.15) is 0 Å². The third kappa shape index (κ3) is 6.23. The van der Waals surface area contributed by atoms with E-state index >= 15 is 0 Å². The smallest absolute Gasteiger partial charge is 0.236 e. The highest BCUT2D eigenvalue weighted by Gasteiger charge is 2.25. The first-order chi connectivity index (χ1) is 9.42. The van der Waals surface area contributed by atoms with Crippen molar-refractivity contribution in [3.05, 3.63) is 0 Å². The predicted octanol–water partition coefficient (Wildman–Crippen LogP) is 1.83. The highest BCUT2D eigenvalue weighted by atomic mass is 16.3. The summed E-state index contributed by atoms with van der Waals surface area (Å²) in [5.41, 5.74) is 0. The Hall–Kier alpha value is -0.610. The summed E-state index contributed by atoms with van der Waals surface area (Å²) in [6, 6.07) is 0. The largest absolute Gasteiger partial charge is 0.396 e. The van der Waals surface area contributed by atoms with Crippen LogP contribution in [-0.4, -0.2) is 60.1 Å². The van der Waals surface area contributed by atoms with Crippen molar-refractivity contribution < 1.29 is 9.90 Å². The lowest BCUT2D eigenvalue weighted by molar-refractivity contribution is -0.133. The van der Waals surface area contributed by atoms with Crippen molar-refractivity contribution in [2.24, 2.45) is 17.8 Å². The third-order valence-corrected chi connectivity index (χ3v) is 3.79. The maximum atomic E-state index is 12.5. The molecule has 1 aliphatic rings. The molecular weight excluding hydrogens is 252 g/mol. The standard InChI is InChI=1S/C16H32N2O2/c1-13(2)9-18(10-14(3)4)16(20)12-17-7-5-15(11-17)6-8-19/h13-15,19H,5-12H2,1-4H3. The van der Waals surface area contributed by atoms with Gasteiger partial charge in [-0.25, -0.2) is 0 Å². The molecule has 0 spiro atoms. The van der Waals surface area contributed by atoms with Gasteiger partial charge in [-0.05, 0) is 37.1 Å². The lowest BCUT2D eigenvalue weighted by Gasteiger charge is -2.28. The van der Waals surface area contributed by atoms with Gasteiger partial charge in [0.25, 0.3) is 0 Å². The second kappa shape index (κ2) is 8.63. The molecule has 0 aliphatic carbocycles. The van der Waals surface area contributed by atoms with Gasteiger partial charge >= 0.3 is 0 Å². The Morgan fingerprint density at radius 2 is 1.85 bits per heavy atom. The molecule has 0 aromatic rings. The molecule has 4 heteroatoms. The van der Waals surface area contributed by atoms with E-state index in [1.807, 2.05) is 4.90 Å². The molecule has 1 aliphatic heterocycles. The molecule has 1 rings (SSSR count). The normalized spacial score (nSPS) is 20.1. The van der Waals surface area contributed by atoms with Gasteiger partial charge in [0.05, 0.1) is 6.54 Å². The molecule has 1 unspecified atom stereocenters. The summed E-state index contributed by atoms with van der Waals surface area (Å²) in [5.74, 6) is 1.85. The lowest BCUT2D eigenvalue weighted by atomic mass is 10.1. The minimum atomic E-state index is 0.261. The van der Waals surface area contributed by atoms with Crippen molar-refractivity contribution in [2.45, 2.75) is 40.5 Å². The maximum Gasteiger partial charge on any atom is 0.236 e. The van der Waals surface area contributed by atoms with Crippen LogP contribution >= 0.6 is 0 Å². The number of carbonyl (C=O) groups excluding carboxylic acids is 1. The number of hydrogen-bond donors (Lipinski definition) is 1. The molecule has 4 nitrogen and oxygen atoms in total. The highest BCUT2D eigenvalue weighted by Crippen LogP contribution is 2.19. The van der Waals surface area contributed by atoms with Crippen LogP contribution in [0.4, 0.5) is 0 Å². The molecule has 1 fully saturated rings. The van der Waals surface area contributed by atoms with Crippen LogP contribution in [-0.2, 0) is 4.79 Å². The van der Waals surface area contributed by atoms with Crippen LogP contribution in [0.15, 0.2) is 0 Å². The van der Waals surface area contributed by atoms with E-state index in [4.69, 9.17) is 5.11 Å². The average Bonchev–Trinajstić information content (AvgIpc) is 2.75. The average molecular weight is 284 g/mol. The van der Waals surface area contributed by atoms with Gasteiger partial charge in [-0.1, -0.05) is 27.7 Å². The minimum absolute atomic E-state index is 0.261. The van der Waals surface area contributed by atoms with Crippen molar-refractivity contribution in [3.63, 3.8) is 0 Å². The topological polar surface area (TPSA) is 43.8 Å². The molecule has 20 heavy (non-hydrogen) atoms. The van der Waals surface area contributed by atoms with E-state index in [-0.39, 0.29) is 12.5 Å². The van der Waals surface area contributed by atoms with E-state index in [2.05, 4.69) is 32.6 Å². The van der Waals surface area contributed by atoms with Gasteiger partial charge in [-0.3, -0.25) is 9.69 Å². The molecule has 0 aromatic heterocycles. The Labute approximate surface area is 124 Å². The zero-order valence-electron chi connectivity index (χ0n) is 13.6. The van der Waals surface area contributed by atoms with Crippen molar-refractivity contribution in [1.82, 2.24) is 9.80 Å². The highest BCUT2D eigenvalue weighted by molar-refractivity contribution is 5.78. The van der Waals surface area contributed by atoms with Gasteiger partial charge in [0, 0.05) is 26.2 Å². The Morgan fingerprint density at radius 3 is 2.35 bits per heavy atom. The van der Waals surface area contributed by atoms with Gasteiger partial charge in [0.15, 0.2) is 0 Å². The van der Waals surface area contributed by atoms with Crippen LogP contribution in [0.1, 0.15) is 40.5 Å². The van der Waals surface area contributed by atoms with Gasteiger partial charge in [-0.15, -0.1) is 0 Å². The van der Waals surface area contributed by atoms with Gasteiger partial charge < -0.3 is 10.0 Å². The monoisotopic (exact) mass is 284 g/mol. The Kier molecular flexibility index (Phi) is 7.52. The maximum absolute atomic E-state index is 12.5. The third-order valence-electron chi connectivity index (χ3n) is 3.79. The number of hydrogen-bond acceptors (Lipinski definition) is 3. The first-order valence-electron chi connectivity index (χ1n) is 8.03. The summed E-state index contributed by atoms with van der Waals surface area (Å²) in [6.45, 7) is 13.1. The molecule has 1 N–H and O–H groups in total. The molecular formula is C16H32N2O2. The second-order valence-electron chi connectivity index (χ2n) is 6.99. The first-order valence-corrected chi connectivity index (χ1v) is 8.03. The van der Waals surface area contributed by atoms with Crippen molar-refractivity contribution in [3.8, 4) is 0 Å². The molecule has 1 atom stereocenters. The summed E-state index contributed by atoms with van der Waals surface area (Å²) in [5, 5.41) is 8.99. The Morgan fingerprint density at radius 1 is 1.25 bits per heavy atom. The van der Waals surface area contributed by atoms with E-state index in [1.165, 1.54) is 0 Å². The van der Waals surface area contributed by atoms with Crippen LogP contribution in [0.25, 0.3) is 0 Å².